The normalized spacial score (nSPS) is 12.1. The van der Waals surface area contributed by atoms with E-state index in [0.29, 0.717) is 0 Å². The highest BCUT2D eigenvalue weighted by molar-refractivity contribution is 7.89. The molecule has 0 radical (unpaired) electrons. The number of rotatable bonds is 5. The molecule has 1 N–H and O–H groups in total. The van der Waals surface area contributed by atoms with Gasteiger partial charge in [-0.1, -0.05) is 12.1 Å². The highest BCUT2D eigenvalue weighted by Gasteiger charge is 2.27. The predicted octanol–water partition coefficient (Wildman–Crippen LogP) is 1.26. The first-order valence-corrected chi connectivity index (χ1v) is 6.83. The molecule has 0 aliphatic heterocycles. The van der Waals surface area contributed by atoms with Gasteiger partial charge < -0.3 is 4.74 Å². The average molecular weight is 268 g/mol. The molecule has 5 nitrogen and oxygen atoms in total. The molecule has 1 aromatic carbocycles. The van der Waals surface area contributed by atoms with Gasteiger partial charge in [-0.25, -0.2) is 13.1 Å². The Kier molecular flexibility index (Phi) is 4.46. The van der Waals surface area contributed by atoms with Crippen molar-refractivity contribution < 1.29 is 13.2 Å². The summed E-state index contributed by atoms with van der Waals surface area (Å²) < 4.78 is 31.8. The molecule has 0 saturated heterocycles. The molecule has 0 amide bonds. The van der Waals surface area contributed by atoms with E-state index < -0.39 is 15.6 Å². The van der Waals surface area contributed by atoms with Gasteiger partial charge in [0.05, 0.1) is 22.6 Å². The first-order chi connectivity index (χ1) is 8.32. The number of benzene rings is 1. The standard InChI is InChI=1S/C12H16N2O3S/c1-12(2,9-17-3)14-18(15,16)11-7-5-4-6-10(11)8-13/h4-7,14H,9H2,1-3H3. The maximum atomic E-state index is 12.2. The Hall–Kier alpha value is -1.42. The van der Waals surface area contributed by atoms with Crippen LogP contribution in [0.15, 0.2) is 29.2 Å². The number of ether oxygens (including phenoxy) is 1. The van der Waals surface area contributed by atoms with Crippen molar-refractivity contribution in [2.75, 3.05) is 13.7 Å². The summed E-state index contributed by atoms with van der Waals surface area (Å²) in [5, 5.41) is 8.92. The van der Waals surface area contributed by atoms with E-state index in [0.717, 1.165) is 0 Å². The number of methoxy groups -OCH3 is 1. The lowest BCUT2D eigenvalue weighted by Crippen LogP contribution is -2.46. The predicted molar refractivity (Wildman–Crippen MR) is 67.4 cm³/mol. The van der Waals surface area contributed by atoms with Crippen LogP contribution in [-0.4, -0.2) is 27.7 Å². The zero-order chi connectivity index (χ0) is 13.8. The molecule has 0 fully saturated rings. The second-order valence-corrected chi connectivity index (χ2v) is 6.18. The van der Waals surface area contributed by atoms with Gasteiger partial charge in [-0.15, -0.1) is 0 Å². The van der Waals surface area contributed by atoms with Crippen LogP contribution in [-0.2, 0) is 14.8 Å². The van der Waals surface area contributed by atoms with Crippen LogP contribution in [0.25, 0.3) is 0 Å². The number of hydrogen-bond acceptors (Lipinski definition) is 4. The van der Waals surface area contributed by atoms with Gasteiger partial charge >= 0.3 is 0 Å². The van der Waals surface area contributed by atoms with Gasteiger partial charge in [-0.3, -0.25) is 0 Å². The first kappa shape index (κ1) is 14.6. The summed E-state index contributed by atoms with van der Waals surface area (Å²) >= 11 is 0. The molecule has 0 atom stereocenters. The quantitative estimate of drug-likeness (QED) is 0.872. The maximum absolute atomic E-state index is 12.2. The van der Waals surface area contributed by atoms with Gasteiger partial charge in [-0.05, 0) is 26.0 Å². The van der Waals surface area contributed by atoms with Crippen LogP contribution in [0.3, 0.4) is 0 Å². The topological polar surface area (TPSA) is 79.2 Å². The van der Waals surface area contributed by atoms with Crippen molar-refractivity contribution in [2.45, 2.75) is 24.3 Å². The lowest BCUT2D eigenvalue weighted by molar-refractivity contribution is 0.141. The molecule has 0 heterocycles. The highest BCUT2D eigenvalue weighted by atomic mass is 32.2. The number of nitrogens with one attached hydrogen (secondary N) is 1. The molecule has 0 bridgehead atoms. The van der Waals surface area contributed by atoms with Gasteiger partial charge in [0, 0.05) is 7.11 Å². The smallest absolute Gasteiger partial charge is 0.242 e. The molecule has 18 heavy (non-hydrogen) atoms. The third kappa shape index (κ3) is 3.53. The minimum atomic E-state index is -3.74. The van der Waals surface area contributed by atoms with Crippen LogP contribution in [0, 0.1) is 11.3 Å². The molecular weight excluding hydrogens is 252 g/mol. The fraction of sp³-hybridized carbons (Fsp3) is 0.417. The summed E-state index contributed by atoms with van der Waals surface area (Å²) in [5.41, 5.74) is -0.617. The van der Waals surface area contributed by atoms with E-state index in [9.17, 15) is 8.42 Å². The largest absolute Gasteiger partial charge is 0.383 e. The van der Waals surface area contributed by atoms with E-state index in [1.807, 2.05) is 6.07 Å². The summed E-state index contributed by atoms with van der Waals surface area (Å²) in [4.78, 5) is -0.0170. The lowest BCUT2D eigenvalue weighted by atomic mass is 10.1. The van der Waals surface area contributed by atoms with E-state index >= 15 is 0 Å². The third-order valence-electron chi connectivity index (χ3n) is 2.21. The second-order valence-electron chi connectivity index (χ2n) is 4.53. The molecule has 0 saturated carbocycles. The van der Waals surface area contributed by atoms with Crippen LogP contribution in [0.4, 0.5) is 0 Å². The van der Waals surface area contributed by atoms with E-state index in [4.69, 9.17) is 10.00 Å². The molecule has 0 aromatic heterocycles. The van der Waals surface area contributed by atoms with Crippen molar-refractivity contribution in [3.8, 4) is 6.07 Å². The van der Waals surface area contributed by atoms with E-state index in [1.54, 1.807) is 26.0 Å². The number of hydrogen-bond donors (Lipinski definition) is 1. The van der Waals surface area contributed by atoms with Crippen molar-refractivity contribution in [1.29, 1.82) is 5.26 Å². The van der Waals surface area contributed by atoms with Gasteiger partial charge in [0.2, 0.25) is 10.0 Å². The molecule has 98 valence electrons. The van der Waals surface area contributed by atoms with Crippen LogP contribution in [0.1, 0.15) is 19.4 Å². The van der Waals surface area contributed by atoms with E-state index in [1.165, 1.54) is 19.2 Å². The Bertz CT molecular complexity index is 559. The van der Waals surface area contributed by atoms with Gasteiger partial charge in [-0.2, -0.15) is 5.26 Å². The number of nitriles is 1. The van der Waals surface area contributed by atoms with Crippen molar-refractivity contribution in [3.63, 3.8) is 0 Å². The van der Waals surface area contributed by atoms with Crippen LogP contribution in [0.2, 0.25) is 0 Å². The monoisotopic (exact) mass is 268 g/mol. The Labute approximate surface area is 107 Å². The SMILES string of the molecule is COCC(C)(C)NS(=O)(=O)c1ccccc1C#N. The molecular formula is C12H16N2O3S. The highest BCUT2D eigenvalue weighted by Crippen LogP contribution is 2.17. The number of nitrogens with zero attached hydrogens (tertiary/aromatic N) is 1. The molecule has 6 heteroatoms. The summed E-state index contributed by atoms with van der Waals surface area (Å²) in [6.07, 6.45) is 0. The van der Waals surface area contributed by atoms with Crippen molar-refractivity contribution in [2.24, 2.45) is 0 Å². The fourth-order valence-corrected chi connectivity index (χ4v) is 3.16. The van der Waals surface area contributed by atoms with E-state index in [-0.39, 0.29) is 17.1 Å². The summed E-state index contributed by atoms with van der Waals surface area (Å²) in [5.74, 6) is 0. The van der Waals surface area contributed by atoms with Crippen molar-refractivity contribution in [3.05, 3.63) is 29.8 Å². The second kappa shape index (κ2) is 5.48. The first-order valence-electron chi connectivity index (χ1n) is 5.34. The molecule has 0 aliphatic rings. The Morgan fingerprint density at radius 3 is 2.56 bits per heavy atom. The zero-order valence-electron chi connectivity index (χ0n) is 10.6. The van der Waals surface area contributed by atoms with Crippen LogP contribution in [0.5, 0.6) is 0 Å². The zero-order valence-corrected chi connectivity index (χ0v) is 11.4. The van der Waals surface area contributed by atoms with Gasteiger partial charge in [0.15, 0.2) is 0 Å². The maximum Gasteiger partial charge on any atom is 0.242 e. The third-order valence-corrected chi connectivity index (χ3v) is 3.97. The summed E-state index contributed by atoms with van der Waals surface area (Å²) in [6.45, 7) is 3.66. The fourth-order valence-electron chi connectivity index (χ4n) is 1.60. The molecule has 0 spiro atoms. The molecule has 0 unspecified atom stereocenters. The molecule has 1 rings (SSSR count). The lowest BCUT2D eigenvalue weighted by Gasteiger charge is -2.25. The van der Waals surface area contributed by atoms with Crippen LogP contribution < -0.4 is 4.72 Å². The Morgan fingerprint density at radius 2 is 2.00 bits per heavy atom. The van der Waals surface area contributed by atoms with Crippen LogP contribution >= 0.6 is 0 Å². The van der Waals surface area contributed by atoms with E-state index in [2.05, 4.69) is 4.72 Å². The van der Waals surface area contributed by atoms with Crippen molar-refractivity contribution >= 4 is 10.0 Å². The Morgan fingerprint density at radius 1 is 1.39 bits per heavy atom. The Balaban J connectivity index is 3.12. The van der Waals surface area contributed by atoms with Gasteiger partial charge in [0.1, 0.15) is 6.07 Å². The summed E-state index contributed by atoms with van der Waals surface area (Å²) in [7, 11) is -2.24. The summed E-state index contributed by atoms with van der Waals surface area (Å²) in [6, 6.07) is 7.95. The minimum absolute atomic E-state index is 0.0170. The number of sulfonamides is 1. The minimum Gasteiger partial charge on any atom is -0.383 e. The van der Waals surface area contributed by atoms with Crippen molar-refractivity contribution in [1.82, 2.24) is 4.72 Å². The molecule has 1 aromatic rings. The average Bonchev–Trinajstić information content (AvgIpc) is 2.27. The molecule has 0 aliphatic carbocycles. The van der Waals surface area contributed by atoms with Gasteiger partial charge in [0.25, 0.3) is 0 Å².